The van der Waals surface area contributed by atoms with E-state index in [2.05, 4.69) is 17.0 Å². The highest BCUT2D eigenvalue weighted by Gasteiger charge is 2.31. The monoisotopic (exact) mass is 306 g/mol. The molecule has 0 bridgehead atoms. The highest BCUT2D eigenvalue weighted by molar-refractivity contribution is 5.28. The molecule has 1 aliphatic heterocycles. The van der Waals surface area contributed by atoms with Crippen molar-refractivity contribution in [3.63, 3.8) is 0 Å². The van der Waals surface area contributed by atoms with E-state index in [1.807, 2.05) is 6.92 Å². The molecule has 118 valence electrons. The molecule has 1 aliphatic rings. The van der Waals surface area contributed by atoms with Gasteiger partial charge < -0.3 is 4.52 Å². The topological polar surface area (TPSA) is 29.3 Å². The van der Waals surface area contributed by atoms with E-state index in [-0.39, 0.29) is 6.04 Å². The fraction of sp³-hybridized carbons (Fsp3) is 0.471. The van der Waals surface area contributed by atoms with Gasteiger partial charge in [0.2, 0.25) is 0 Å². The zero-order valence-corrected chi connectivity index (χ0v) is 12.9. The number of aromatic nitrogens is 1. The molecule has 0 radical (unpaired) electrons. The zero-order valence-electron chi connectivity index (χ0n) is 12.9. The molecule has 2 heterocycles. The van der Waals surface area contributed by atoms with E-state index in [9.17, 15) is 8.78 Å². The number of hydrogen-bond donors (Lipinski definition) is 0. The summed E-state index contributed by atoms with van der Waals surface area (Å²) in [7, 11) is 0. The number of aryl methyl sites for hydroxylation is 2. The molecule has 3 nitrogen and oxygen atoms in total. The first-order chi connectivity index (χ1) is 10.6. The van der Waals surface area contributed by atoms with E-state index in [0.717, 1.165) is 42.8 Å². The zero-order chi connectivity index (χ0) is 15.7. The first-order valence-corrected chi connectivity index (χ1v) is 7.73. The van der Waals surface area contributed by atoms with Crippen LogP contribution in [0.3, 0.4) is 0 Å². The van der Waals surface area contributed by atoms with Crippen molar-refractivity contribution in [2.45, 2.75) is 45.7 Å². The van der Waals surface area contributed by atoms with Crippen LogP contribution in [0.2, 0.25) is 0 Å². The quantitative estimate of drug-likeness (QED) is 0.849. The minimum absolute atomic E-state index is 0.245. The molecule has 1 aromatic carbocycles. The summed E-state index contributed by atoms with van der Waals surface area (Å²) < 4.78 is 31.8. The van der Waals surface area contributed by atoms with E-state index in [1.54, 1.807) is 6.07 Å². The van der Waals surface area contributed by atoms with Gasteiger partial charge in [-0.1, -0.05) is 18.1 Å². The maximum atomic E-state index is 13.4. The Labute approximate surface area is 128 Å². The second kappa shape index (κ2) is 6.16. The van der Waals surface area contributed by atoms with Gasteiger partial charge in [0, 0.05) is 24.6 Å². The van der Waals surface area contributed by atoms with Crippen molar-refractivity contribution in [1.82, 2.24) is 10.1 Å². The maximum Gasteiger partial charge on any atom is 0.159 e. The summed E-state index contributed by atoms with van der Waals surface area (Å²) in [6, 6.07) is 4.37. The Hall–Kier alpha value is -1.75. The van der Waals surface area contributed by atoms with Gasteiger partial charge in [-0.15, -0.1) is 0 Å². The molecule has 5 heteroatoms. The molecule has 0 saturated carbocycles. The standard InChI is InChI=1S/C17H20F2N2O/c1-3-16-17(11(2)20-22-16)15-5-4-8-21(15)10-12-6-7-13(18)14(19)9-12/h6-7,9,15H,3-5,8,10H2,1-2H3. The molecule has 1 unspecified atom stereocenters. The van der Waals surface area contributed by atoms with Gasteiger partial charge in [0.25, 0.3) is 0 Å². The van der Waals surface area contributed by atoms with E-state index in [0.29, 0.717) is 6.54 Å². The van der Waals surface area contributed by atoms with Gasteiger partial charge in [0.15, 0.2) is 11.6 Å². The van der Waals surface area contributed by atoms with Crippen molar-refractivity contribution < 1.29 is 13.3 Å². The van der Waals surface area contributed by atoms with Crippen LogP contribution in [-0.4, -0.2) is 16.6 Å². The van der Waals surface area contributed by atoms with Crippen molar-refractivity contribution >= 4 is 0 Å². The highest BCUT2D eigenvalue weighted by Crippen LogP contribution is 2.36. The van der Waals surface area contributed by atoms with E-state index in [4.69, 9.17) is 4.52 Å². The van der Waals surface area contributed by atoms with Crippen LogP contribution in [-0.2, 0) is 13.0 Å². The molecule has 1 saturated heterocycles. The average Bonchev–Trinajstić information content (AvgIpc) is 3.09. The van der Waals surface area contributed by atoms with Crippen molar-refractivity contribution in [3.05, 3.63) is 52.4 Å². The molecule has 22 heavy (non-hydrogen) atoms. The minimum Gasteiger partial charge on any atom is -0.361 e. The SMILES string of the molecule is CCc1onc(C)c1C1CCCN1Cc1ccc(F)c(F)c1. The Morgan fingerprint density at radius 1 is 1.32 bits per heavy atom. The van der Waals surface area contributed by atoms with Gasteiger partial charge in [-0.2, -0.15) is 0 Å². The Balaban J connectivity index is 1.84. The molecular formula is C17H20F2N2O. The van der Waals surface area contributed by atoms with Crippen molar-refractivity contribution in [2.24, 2.45) is 0 Å². The van der Waals surface area contributed by atoms with E-state index in [1.165, 1.54) is 17.7 Å². The van der Waals surface area contributed by atoms with Crippen molar-refractivity contribution in [1.29, 1.82) is 0 Å². The van der Waals surface area contributed by atoms with Crippen LogP contribution in [0.5, 0.6) is 0 Å². The van der Waals surface area contributed by atoms with Crippen LogP contribution in [0.1, 0.15) is 48.4 Å². The Bertz CT molecular complexity index is 669. The molecule has 0 N–H and O–H groups in total. The number of rotatable bonds is 4. The predicted molar refractivity (Wildman–Crippen MR) is 79.4 cm³/mol. The largest absolute Gasteiger partial charge is 0.361 e. The third-order valence-electron chi connectivity index (χ3n) is 4.37. The lowest BCUT2D eigenvalue weighted by atomic mass is 10.0. The summed E-state index contributed by atoms with van der Waals surface area (Å²) in [6.07, 6.45) is 2.94. The highest BCUT2D eigenvalue weighted by atomic mass is 19.2. The van der Waals surface area contributed by atoms with Crippen LogP contribution in [0.25, 0.3) is 0 Å². The lowest BCUT2D eigenvalue weighted by Crippen LogP contribution is -2.23. The Morgan fingerprint density at radius 3 is 2.86 bits per heavy atom. The Kier molecular flexibility index (Phi) is 4.25. The lowest BCUT2D eigenvalue weighted by Gasteiger charge is -2.24. The molecule has 1 atom stereocenters. The van der Waals surface area contributed by atoms with Gasteiger partial charge >= 0.3 is 0 Å². The van der Waals surface area contributed by atoms with Gasteiger partial charge in [-0.3, -0.25) is 4.90 Å². The lowest BCUT2D eigenvalue weighted by molar-refractivity contribution is 0.244. The van der Waals surface area contributed by atoms with Crippen LogP contribution < -0.4 is 0 Å². The first-order valence-electron chi connectivity index (χ1n) is 7.73. The number of nitrogens with zero attached hydrogens (tertiary/aromatic N) is 2. The summed E-state index contributed by atoms with van der Waals surface area (Å²) in [5.74, 6) is -0.659. The normalized spacial score (nSPS) is 19.0. The summed E-state index contributed by atoms with van der Waals surface area (Å²) in [5, 5.41) is 4.09. The molecule has 0 aliphatic carbocycles. The molecule has 2 aromatic rings. The van der Waals surface area contributed by atoms with Crippen LogP contribution >= 0.6 is 0 Å². The van der Waals surface area contributed by atoms with Gasteiger partial charge in [-0.25, -0.2) is 8.78 Å². The maximum absolute atomic E-state index is 13.4. The number of hydrogen-bond acceptors (Lipinski definition) is 3. The van der Waals surface area contributed by atoms with Crippen molar-refractivity contribution in [3.8, 4) is 0 Å². The fourth-order valence-electron chi connectivity index (χ4n) is 3.32. The average molecular weight is 306 g/mol. The molecule has 0 spiro atoms. The third kappa shape index (κ3) is 2.77. The van der Waals surface area contributed by atoms with Crippen LogP contribution in [0, 0.1) is 18.6 Å². The predicted octanol–water partition coefficient (Wildman–Crippen LogP) is 4.16. The summed E-state index contributed by atoms with van der Waals surface area (Å²) in [5.41, 5.74) is 2.89. The third-order valence-corrected chi connectivity index (χ3v) is 4.37. The molecular weight excluding hydrogens is 286 g/mol. The minimum atomic E-state index is -0.801. The van der Waals surface area contributed by atoms with Gasteiger partial charge in [0.1, 0.15) is 5.76 Å². The molecule has 3 rings (SSSR count). The van der Waals surface area contributed by atoms with Crippen LogP contribution in [0.4, 0.5) is 8.78 Å². The molecule has 1 fully saturated rings. The van der Waals surface area contributed by atoms with E-state index < -0.39 is 11.6 Å². The molecule has 1 aromatic heterocycles. The second-order valence-corrected chi connectivity index (χ2v) is 5.84. The van der Waals surface area contributed by atoms with Gasteiger partial charge in [-0.05, 0) is 44.0 Å². The van der Waals surface area contributed by atoms with Crippen LogP contribution in [0.15, 0.2) is 22.7 Å². The molecule has 0 amide bonds. The smallest absolute Gasteiger partial charge is 0.159 e. The summed E-state index contributed by atoms with van der Waals surface area (Å²) >= 11 is 0. The van der Waals surface area contributed by atoms with Crippen molar-refractivity contribution in [2.75, 3.05) is 6.54 Å². The number of benzene rings is 1. The summed E-state index contributed by atoms with van der Waals surface area (Å²) in [4.78, 5) is 2.30. The Morgan fingerprint density at radius 2 is 2.14 bits per heavy atom. The van der Waals surface area contributed by atoms with Gasteiger partial charge in [0.05, 0.1) is 5.69 Å². The summed E-state index contributed by atoms with van der Waals surface area (Å²) in [6.45, 7) is 5.57. The fourth-order valence-corrected chi connectivity index (χ4v) is 3.32. The van der Waals surface area contributed by atoms with E-state index >= 15 is 0 Å². The second-order valence-electron chi connectivity index (χ2n) is 5.84. The first kappa shape index (κ1) is 15.2. The number of likely N-dealkylation sites (tertiary alicyclic amines) is 1. The number of halogens is 2.